The van der Waals surface area contributed by atoms with Crippen LogP contribution in [0.1, 0.15) is 0 Å². The fraction of sp³-hybridized carbons (Fsp3) is 0.444. The molecule has 156 valence electrons. The fourth-order valence-corrected chi connectivity index (χ4v) is 3.29. The minimum absolute atomic E-state index is 0.00325. The zero-order valence-electron chi connectivity index (χ0n) is 15.2. The highest BCUT2D eigenvalue weighted by Gasteiger charge is 2.52. The lowest BCUT2D eigenvalue weighted by molar-refractivity contribution is -0.192. The largest absolute Gasteiger partial charge is 0.490 e. The van der Waals surface area contributed by atoms with E-state index in [2.05, 4.69) is 19.9 Å². The number of alkyl halides is 3. The van der Waals surface area contributed by atoms with Crippen molar-refractivity contribution < 1.29 is 32.5 Å². The van der Waals surface area contributed by atoms with E-state index in [9.17, 15) is 13.2 Å². The normalized spacial score (nSPS) is 23.1. The molecule has 0 amide bonds. The highest BCUT2D eigenvalue weighted by molar-refractivity contribution is 5.73. The summed E-state index contributed by atoms with van der Waals surface area (Å²) in [5.74, 6) is -0.862. The van der Waals surface area contributed by atoms with Gasteiger partial charge in [0.25, 0.3) is 0 Å². The summed E-state index contributed by atoms with van der Waals surface area (Å²) in [5, 5.41) is 7.12. The zero-order chi connectivity index (χ0) is 20.9. The summed E-state index contributed by atoms with van der Waals surface area (Å²) in [5.41, 5.74) is -0.00325. The SMILES string of the molecule is O=C(O)C(F)(F)F.c1ccc(OC[C@]23COC[C@H]2CN(c2ncccn2)C3)nc1. The van der Waals surface area contributed by atoms with Gasteiger partial charge in [0.15, 0.2) is 0 Å². The summed E-state index contributed by atoms with van der Waals surface area (Å²) in [6.07, 6.45) is 0.225. The second-order valence-electron chi connectivity index (χ2n) is 6.76. The number of anilines is 1. The molecule has 0 aromatic carbocycles. The van der Waals surface area contributed by atoms with E-state index >= 15 is 0 Å². The number of fused-ring (bicyclic) bond motifs is 1. The molecule has 2 fully saturated rings. The van der Waals surface area contributed by atoms with Crippen molar-refractivity contribution in [2.24, 2.45) is 11.3 Å². The zero-order valence-corrected chi connectivity index (χ0v) is 15.2. The van der Waals surface area contributed by atoms with E-state index in [0.717, 1.165) is 25.6 Å². The molecule has 0 aliphatic carbocycles. The van der Waals surface area contributed by atoms with Gasteiger partial charge in [0, 0.05) is 43.7 Å². The number of pyridine rings is 1. The predicted molar refractivity (Wildman–Crippen MR) is 94.4 cm³/mol. The second kappa shape index (κ2) is 8.60. The molecule has 2 saturated heterocycles. The van der Waals surface area contributed by atoms with Crippen LogP contribution in [0.2, 0.25) is 0 Å². The fourth-order valence-electron chi connectivity index (χ4n) is 3.29. The maximum atomic E-state index is 10.6. The maximum absolute atomic E-state index is 10.6. The molecule has 2 aliphatic rings. The Morgan fingerprint density at radius 3 is 2.55 bits per heavy atom. The average Bonchev–Trinajstić information content (AvgIpc) is 3.25. The third kappa shape index (κ3) is 5.11. The van der Waals surface area contributed by atoms with Crippen molar-refractivity contribution in [2.75, 3.05) is 37.8 Å². The molecule has 0 spiro atoms. The molecule has 2 atom stereocenters. The molecule has 29 heavy (non-hydrogen) atoms. The lowest BCUT2D eigenvalue weighted by atomic mass is 9.82. The van der Waals surface area contributed by atoms with Crippen molar-refractivity contribution in [3.8, 4) is 5.88 Å². The number of aromatic nitrogens is 3. The van der Waals surface area contributed by atoms with E-state index in [-0.39, 0.29) is 5.41 Å². The maximum Gasteiger partial charge on any atom is 0.490 e. The van der Waals surface area contributed by atoms with Crippen LogP contribution < -0.4 is 9.64 Å². The van der Waals surface area contributed by atoms with Crippen LogP contribution in [0.5, 0.6) is 5.88 Å². The molecule has 4 heterocycles. The van der Waals surface area contributed by atoms with Crippen LogP contribution in [0.15, 0.2) is 42.9 Å². The first-order chi connectivity index (χ1) is 13.8. The van der Waals surface area contributed by atoms with Gasteiger partial charge in [-0.1, -0.05) is 6.07 Å². The van der Waals surface area contributed by atoms with Gasteiger partial charge in [-0.2, -0.15) is 13.2 Å². The number of aliphatic carboxylic acids is 1. The smallest absolute Gasteiger partial charge is 0.477 e. The second-order valence-corrected chi connectivity index (χ2v) is 6.76. The Labute approximate surface area is 164 Å². The first-order valence-electron chi connectivity index (χ1n) is 8.74. The van der Waals surface area contributed by atoms with Crippen LogP contribution in [-0.2, 0) is 9.53 Å². The standard InChI is InChI=1S/C16H18N4O2.C2HF3O2/c1-2-5-17-14(4-1)22-12-16-10-20(8-13(16)9-21-11-16)15-18-6-3-7-19-15;3-2(4,5)1(6)7/h1-7,13H,8-12H2;(H,6,7)/t13-,16+;/m1./s1. The summed E-state index contributed by atoms with van der Waals surface area (Å²) in [6, 6.07) is 7.54. The molecule has 2 aromatic rings. The summed E-state index contributed by atoms with van der Waals surface area (Å²) in [4.78, 5) is 24.1. The number of ether oxygens (including phenoxy) is 2. The van der Waals surface area contributed by atoms with E-state index in [1.807, 2.05) is 24.3 Å². The molecule has 0 unspecified atom stereocenters. The minimum atomic E-state index is -5.08. The molecule has 2 aromatic heterocycles. The van der Waals surface area contributed by atoms with Gasteiger partial charge in [-0.05, 0) is 12.1 Å². The van der Waals surface area contributed by atoms with Gasteiger partial charge in [0.2, 0.25) is 11.8 Å². The Hall–Kier alpha value is -2.95. The van der Waals surface area contributed by atoms with Crippen LogP contribution >= 0.6 is 0 Å². The van der Waals surface area contributed by atoms with Crippen molar-refractivity contribution in [3.05, 3.63) is 42.9 Å². The quantitative estimate of drug-likeness (QED) is 0.815. The number of rotatable bonds is 4. The van der Waals surface area contributed by atoms with Crippen LogP contribution in [0.25, 0.3) is 0 Å². The molecule has 0 saturated carbocycles. The van der Waals surface area contributed by atoms with Crippen molar-refractivity contribution in [1.82, 2.24) is 15.0 Å². The Morgan fingerprint density at radius 2 is 1.93 bits per heavy atom. The number of halogens is 3. The Kier molecular flexibility index (Phi) is 6.16. The highest BCUT2D eigenvalue weighted by atomic mass is 19.4. The summed E-state index contributed by atoms with van der Waals surface area (Å²) in [7, 11) is 0. The van der Waals surface area contributed by atoms with E-state index in [1.54, 1.807) is 18.6 Å². The van der Waals surface area contributed by atoms with Crippen LogP contribution in [0.3, 0.4) is 0 Å². The topological polar surface area (TPSA) is 97.7 Å². The van der Waals surface area contributed by atoms with Gasteiger partial charge >= 0.3 is 12.1 Å². The lowest BCUT2D eigenvalue weighted by Gasteiger charge is -2.26. The van der Waals surface area contributed by atoms with Gasteiger partial charge in [-0.15, -0.1) is 0 Å². The first kappa shape index (κ1) is 20.8. The third-order valence-corrected chi connectivity index (χ3v) is 4.74. The van der Waals surface area contributed by atoms with Crippen molar-refractivity contribution in [2.45, 2.75) is 6.18 Å². The molecule has 11 heteroatoms. The monoisotopic (exact) mass is 412 g/mol. The number of carboxylic acid groups (broad SMARTS) is 1. The highest BCUT2D eigenvalue weighted by Crippen LogP contribution is 2.42. The Bertz CT molecular complexity index is 810. The molecular formula is C18H19F3N4O4. The summed E-state index contributed by atoms with van der Waals surface area (Å²) < 4.78 is 43.4. The minimum Gasteiger partial charge on any atom is -0.477 e. The number of carbonyl (C=O) groups is 1. The van der Waals surface area contributed by atoms with Crippen LogP contribution in [0, 0.1) is 11.3 Å². The van der Waals surface area contributed by atoms with Crippen molar-refractivity contribution in [1.29, 1.82) is 0 Å². The Morgan fingerprint density at radius 1 is 1.24 bits per heavy atom. The molecule has 8 nitrogen and oxygen atoms in total. The molecule has 0 bridgehead atoms. The Balaban J connectivity index is 0.000000298. The van der Waals surface area contributed by atoms with Gasteiger partial charge in [0.1, 0.15) is 0 Å². The first-order valence-corrected chi connectivity index (χ1v) is 8.74. The third-order valence-electron chi connectivity index (χ3n) is 4.74. The number of hydrogen-bond donors (Lipinski definition) is 1. The van der Waals surface area contributed by atoms with Crippen LogP contribution in [-0.4, -0.2) is 65.1 Å². The number of hydrogen-bond acceptors (Lipinski definition) is 7. The molecule has 0 radical (unpaired) electrons. The van der Waals surface area contributed by atoms with E-state index < -0.39 is 12.1 Å². The molecule has 1 N–H and O–H groups in total. The summed E-state index contributed by atoms with van der Waals surface area (Å²) in [6.45, 7) is 3.87. The molecule has 2 aliphatic heterocycles. The van der Waals surface area contributed by atoms with E-state index in [1.165, 1.54) is 0 Å². The summed E-state index contributed by atoms with van der Waals surface area (Å²) >= 11 is 0. The molecular weight excluding hydrogens is 393 g/mol. The molecule has 4 rings (SSSR count). The van der Waals surface area contributed by atoms with Crippen LogP contribution in [0.4, 0.5) is 19.1 Å². The van der Waals surface area contributed by atoms with E-state index in [0.29, 0.717) is 25.0 Å². The van der Waals surface area contributed by atoms with Crippen molar-refractivity contribution >= 4 is 11.9 Å². The lowest BCUT2D eigenvalue weighted by Crippen LogP contribution is -2.37. The van der Waals surface area contributed by atoms with Gasteiger partial charge in [-0.3, -0.25) is 0 Å². The van der Waals surface area contributed by atoms with Gasteiger partial charge in [-0.25, -0.2) is 19.7 Å². The predicted octanol–water partition coefficient (Wildman–Crippen LogP) is 2.04. The van der Waals surface area contributed by atoms with Gasteiger partial charge < -0.3 is 19.5 Å². The average molecular weight is 412 g/mol. The van der Waals surface area contributed by atoms with Gasteiger partial charge in [0.05, 0.1) is 25.2 Å². The number of carboxylic acids is 1. The van der Waals surface area contributed by atoms with Crippen molar-refractivity contribution in [3.63, 3.8) is 0 Å². The number of nitrogens with zero attached hydrogens (tertiary/aromatic N) is 4. The van der Waals surface area contributed by atoms with E-state index in [4.69, 9.17) is 19.4 Å².